The van der Waals surface area contributed by atoms with Crippen molar-refractivity contribution in [3.63, 3.8) is 0 Å². The molecule has 0 aliphatic carbocycles. The van der Waals surface area contributed by atoms with Crippen molar-refractivity contribution in [2.75, 3.05) is 6.61 Å². The fourth-order valence-electron chi connectivity index (χ4n) is 3.59. The van der Waals surface area contributed by atoms with Gasteiger partial charge in [-0.25, -0.2) is 0 Å². The first-order valence-corrected chi connectivity index (χ1v) is 10.2. The van der Waals surface area contributed by atoms with Gasteiger partial charge in [-0.3, -0.25) is 5.10 Å². The smallest absolute Gasteiger partial charge is 0.244 e. The molecule has 1 atom stereocenters. The first-order valence-electron chi connectivity index (χ1n) is 9.78. The molecule has 7 nitrogen and oxygen atoms in total. The zero-order valence-electron chi connectivity index (χ0n) is 17.1. The Morgan fingerprint density at radius 1 is 1.23 bits per heavy atom. The molecule has 0 unspecified atom stereocenters. The molecule has 0 amide bonds. The molecule has 1 aromatic heterocycles. The largest absolute Gasteiger partial charge is 0.490 e. The molecule has 0 saturated carbocycles. The lowest BCUT2D eigenvalue weighted by atomic mass is 9.84. The molecule has 0 fully saturated rings. The van der Waals surface area contributed by atoms with Gasteiger partial charge in [-0.2, -0.15) is 5.26 Å². The van der Waals surface area contributed by atoms with Crippen LogP contribution in [0.2, 0.25) is 5.02 Å². The highest BCUT2D eigenvalue weighted by Crippen LogP contribution is 2.44. The second kappa shape index (κ2) is 8.62. The second-order valence-electron chi connectivity index (χ2n) is 7.01. The van der Waals surface area contributed by atoms with E-state index >= 15 is 0 Å². The number of nitrogens with one attached hydrogen (secondary N) is 1. The van der Waals surface area contributed by atoms with Crippen molar-refractivity contribution in [1.82, 2.24) is 10.2 Å². The van der Waals surface area contributed by atoms with E-state index < -0.39 is 5.92 Å². The first-order chi connectivity index (χ1) is 15.0. The van der Waals surface area contributed by atoms with Crippen molar-refractivity contribution in [2.24, 2.45) is 5.73 Å². The van der Waals surface area contributed by atoms with Gasteiger partial charge in [0.05, 0.1) is 12.5 Å². The number of fused-ring (bicyclic) bond motifs is 1. The SMILES string of the molecule is CCOc1cc([C@@H]2C(C#N)=C(N)Oc3n[nH]c(C)c32)ccc1OCc1ccccc1Cl. The van der Waals surface area contributed by atoms with Gasteiger partial charge in [0.1, 0.15) is 18.2 Å². The van der Waals surface area contributed by atoms with Crippen LogP contribution in [0, 0.1) is 18.3 Å². The number of aromatic amines is 1. The van der Waals surface area contributed by atoms with E-state index in [-0.39, 0.29) is 5.88 Å². The maximum Gasteiger partial charge on any atom is 0.244 e. The minimum atomic E-state index is -0.427. The lowest BCUT2D eigenvalue weighted by molar-refractivity contribution is 0.269. The third-order valence-corrected chi connectivity index (χ3v) is 5.44. The van der Waals surface area contributed by atoms with Gasteiger partial charge >= 0.3 is 0 Å². The van der Waals surface area contributed by atoms with Crippen molar-refractivity contribution in [2.45, 2.75) is 26.4 Å². The molecule has 0 bridgehead atoms. The molecule has 0 spiro atoms. The summed E-state index contributed by atoms with van der Waals surface area (Å²) in [4.78, 5) is 0. The third kappa shape index (κ3) is 3.90. The van der Waals surface area contributed by atoms with Gasteiger partial charge in [-0.15, -0.1) is 5.10 Å². The normalized spacial score (nSPS) is 15.1. The van der Waals surface area contributed by atoms with Crippen molar-refractivity contribution in [3.8, 4) is 23.4 Å². The molecule has 2 heterocycles. The van der Waals surface area contributed by atoms with Crippen molar-refractivity contribution in [1.29, 1.82) is 5.26 Å². The molecule has 4 rings (SSSR count). The molecular weight excluding hydrogens is 416 g/mol. The van der Waals surface area contributed by atoms with Gasteiger partial charge < -0.3 is 19.9 Å². The standard InChI is InChI=1S/C23H21ClN4O3/c1-3-29-19-10-14(8-9-18(19)30-12-15-6-4-5-7-17(15)24)21-16(11-25)22(26)31-23-20(21)13(2)27-28-23/h4-10,21H,3,12,26H2,1-2H3,(H,27,28)/t21-/m1/s1. The fraction of sp³-hybridized carbons (Fsp3) is 0.217. The van der Waals surface area contributed by atoms with E-state index in [1.54, 1.807) is 0 Å². The van der Waals surface area contributed by atoms with Gasteiger partial charge in [-0.05, 0) is 37.6 Å². The molecule has 1 aliphatic rings. The Bertz CT molecular complexity index is 1200. The first kappa shape index (κ1) is 20.6. The quantitative estimate of drug-likeness (QED) is 0.586. The van der Waals surface area contributed by atoms with Crippen LogP contribution in [0.3, 0.4) is 0 Å². The summed E-state index contributed by atoms with van der Waals surface area (Å²) in [6, 6.07) is 15.3. The van der Waals surface area contributed by atoms with E-state index in [0.717, 1.165) is 22.4 Å². The Morgan fingerprint density at radius 2 is 2.03 bits per heavy atom. The maximum absolute atomic E-state index is 9.74. The third-order valence-electron chi connectivity index (χ3n) is 5.07. The summed E-state index contributed by atoms with van der Waals surface area (Å²) in [5, 5.41) is 17.4. The Labute approximate surface area is 185 Å². The number of benzene rings is 2. The van der Waals surface area contributed by atoms with Gasteiger partial charge in [0.15, 0.2) is 11.5 Å². The highest BCUT2D eigenvalue weighted by atomic mass is 35.5. The molecule has 0 radical (unpaired) electrons. The van der Waals surface area contributed by atoms with E-state index in [1.807, 2.05) is 56.3 Å². The number of ether oxygens (including phenoxy) is 3. The van der Waals surface area contributed by atoms with Crippen LogP contribution in [0.15, 0.2) is 53.9 Å². The molecule has 2 aromatic carbocycles. The minimum absolute atomic E-state index is 0.0449. The monoisotopic (exact) mass is 436 g/mol. The maximum atomic E-state index is 9.74. The number of aromatic nitrogens is 2. The number of nitrogens with zero attached hydrogens (tertiary/aromatic N) is 2. The summed E-state index contributed by atoms with van der Waals surface area (Å²) in [5.41, 5.74) is 9.61. The number of aryl methyl sites for hydroxylation is 1. The number of nitriles is 1. The Kier molecular flexibility index (Phi) is 5.74. The molecule has 31 heavy (non-hydrogen) atoms. The summed E-state index contributed by atoms with van der Waals surface area (Å²) in [6.45, 7) is 4.54. The van der Waals surface area contributed by atoms with E-state index in [1.165, 1.54) is 0 Å². The molecular formula is C23H21ClN4O3. The van der Waals surface area contributed by atoms with Crippen LogP contribution in [0.4, 0.5) is 0 Å². The molecule has 3 N–H and O–H groups in total. The predicted molar refractivity (Wildman–Crippen MR) is 116 cm³/mol. The zero-order chi connectivity index (χ0) is 22.0. The van der Waals surface area contributed by atoms with E-state index in [4.69, 9.17) is 31.5 Å². The van der Waals surface area contributed by atoms with Crippen LogP contribution < -0.4 is 19.9 Å². The van der Waals surface area contributed by atoms with Crippen LogP contribution in [0.25, 0.3) is 0 Å². The summed E-state index contributed by atoms with van der Waals surface area (Å²) in [6.07, 6.45) is 0. The summed E-state index contributed by atoms with van der Waals surface area (Å²) in [7, 11) is 0. The number of nitrogens with two attached hydrogens (primary N) is 1. The lowest BCUT2D eigenvalue weighted by Crippen LogP contribution is -2.21. The number of hydrogen-bond donors (Lipinski definition) is 2. The predicted octanol–water partition coefficient (Wildman–Crippen LogP) is 4.57. The van der Waals surface area contributed by atoms with Crippen molar-refractivity contribution < 1.29 is 14.2 Å². The van der Waals surface area contributed by atoms with E-state index in [2.05, 4.69) is 16.3 Å². The van der Waals surface area contributed by atoms with Crippen LogP contribution in [0.5, 0.6) is 17.4 Å². The number of allylic oxidation sites excluding steroid dienone is 1. The molecule has 158 valence electrons. The highest BCUT2D eigenvalue weighted by Gasteiger charge is 2.34. The van der Waals surface area contributed by atoms with E-state index in [0.29, 0.717) is 41.2 Å². The fourth-order valence-corrected chi connectivity index (χ4v) is 3.78. The van der Waals surface area contributed by atoms with Gasteiger partial charge in [0.25, 0.3) is 0 Å². The van der Waals surface area contributed by atoms with Gasteiger partial charge in [-0.1, -0.05) is 35.9 Å². The second-order valence-corrected chi connectivity index (χ2v) is 7.42. The lowest BCUT2D eigenvalue weighted by Gasteiger charge is -2.24. The molecule has 0 saturated heterocycles. The Hall–Kier alpha value is -3.63. The minimum Gasteiger partial charge on any atom is -0.490 e. The van der Waals surface area contributed by atoms with Crippen LogP contribution in [-0.2, 0) is 6.61 Å². The van der Waals surface area contributed by atoms with Gasteiger partial charge in [0.2, 0.25) is 11.8 Å². The molecule has 1 aliphatic heterocycles. The van der Waals surface area contributed by atoms with Gasteiger partial charge in [0, 0.05) is 21.8 Å². The van der Waals surface area contributed by atoms with Crippen molar-refractivity contribution in [3.05, 3.63) is 81.3 Å². The zero-order valence-corrected chi connectivity index (χ0v) is 17.9. The number of rotatable bonds is 6. The Balaban J connectivity index is 1.71. The molecule has 3 aromatic rings. The van der Waals surface area contributed by atoms with E-state index in [9.17, 15) is 5.26 Å². The summed E-state index contributed by atoms with van der Waals surface area (Å²) in [5.74, 6) is 1.14. The Morgan fingerprint density at radius 3 is 2.77 bits per heavy atom. The highest BCUT2D eigenvalue weighted by molar-refractivity contribution is 6.31. The van der Waals surface area contributed by atoms with Crippen molar-refractivity contribution >= 4 is 11.6 Å². The average molecular weight is 437 g/mol. The number of hydrogen-bond acceptors (Lipinski definition) is 6. The average Bonchev–Trinajstić information content (AvgIpc) is 3.13. The topological polar surface area (TPSA) is 106 Å². The van der Waals surface area contributed by atoms with Crippen LogP contribution >= 0.6 is 11.6 Å². The number of halogens is 1. The summed E-state index contributed by atoms with van der Waals surface area (Å²) < 4.78 is 17.4. The van der Waals surface area contributed by atoms with Crippen LogP contribution in [-0.4, -0.2) is 16.8 Å². The number of H-pyrrole nitrogens is 1. The van der Waals surface area contributed by atoms with Crippen LogP contribution in [0.1, 0.15) is 35.2 Å². The summed E-state index contributed by atoms with van der Waals surface area (Å²) >= 11 is 6.24. The molecule has 8 heteroatoms.